The van der Waals surface area contributed by atoms with E-state index in [2.05, 4.69) is 5.32 Å². The molecule has 2 aliphatic heterocycles. The molecule has 2 aliphatic rings. The largest absolute Gasteiger partial charge is 0.493 e. The molecule has 1 atom stereocenters. The zero-order valence-corrected chi connectivity index (χ0v) is 11.9. The minimum atomic E-state index is -2.96. The number of ether oxygens (including phenoxy) is 1. The summed E-state index contributed by atoms with van der Waals surface area (Å²) in [6.07, 6.45) is 1.69. The third kappa shape index (κ3) is 2.95. The zero-order valence-electron chi connectivity index (χ0n) is 11.1. The highest BCUT2D eigenvalue weighted by atomic mass is 32.2. The van der Waals surface area contributed by atoms with Gasteiger partial charge in [0, 0.05) is 12.5 Å². The van der Waals surface area contributed by atoms with E-state index >= 15 is 0 Å². The lowest BCUT2D eigenvalue weighted by Crippen LogP contribution is -2.36. The van der Waals surface area contributed by atoms with Crippen molar-refractivity contribution in [2.75, 3.05) is 18.1 Å². The van der Waals surface area contributed by atoms with E-state index in [9.17, 15) is 13.2 Å². The van der Waals surface area contributed by atoms with E-state index in [1.807, 2.05) is 18.2 Å². The Hall–Kier alpha value is -1.56. The number of carbonyl (C=O) groups excluding carboxylic acids is 1. The lowest BCUT2D eigenvalue weighted by atomic mass is 10.1. The average molecular weight is 295 g/mol. The Bertz CT molecular complexity index is 639. The van der Waals surface area contributed by atoms with Crippen LogP contribution in [0.4, 0.5) is 0 Å². The third-order valence-corrected chi connectivity index (χ3v) is 5.49. The fraction of sp³-hybridized carbons (Fsp3) is 0.500. The molecule has 0 radical (unpaired) electrons. The van der Waals surface area contributed by atoms with Gasteiger partial charge in [-0.1, -0.05) is 12.1 Å². The molecule has 108 valence electrons. The molecule has 0 bridgehead atoms. The normalized spacial score (nSPS) is 23.1. The molecule has 0 aliphatic carbocycles. The van der Waals surface area contributed by atoms with Gasteiger partial charge in [-0.25, -0.2) is 8.42 Å². The van der Waals surface area contributed by atoms with Crippen molar-refractivity contribution in [1.82, 2.24) is 5.32 Å². The predicted octanol–water partition coefficient (Wildman–Crippen LogP) is 0.467. The first-order valence-corrected chi connectivity index (χ1v) is 8.58. The molecule has 3 rings (SSSR count). The van der Waals surface area contributed by atoms with Crippen molar-refractivity contribution in [3.8, 4) is 5.75 Å². The topological polar surface area (TPSA) is 72.5 Å². The molecule has 1 N–H and O–H groups in total. The van der Waals surface area contributed by atoms with Gasteiger partial charge in [0.25, 0.3) is 0 Å². The summed E-state index contributed by atoms with van der Waals surface area (Å²) in [7, 11) is -2.96. The number of sulfone groups is 1. The second kappa shape index (κ2) is 5.09. The quantitative estimate of drug-likeness (QED) is 0.879. The molecular formula is C14H17NO4S. The fourth-order valence-corrected chi connectivity index (χ4v) is 4.37. The van der Waals surface area contributed by atoms with Crippen LogP contribution in [-0.4, -0.2) is 38.5 Å². The van der Waals surface area contributed by atoms with Crippen LogP contribution < -0.4 is 10.1 Å². The van der Waals surface area contributed by atoms with E-state index < -0.39 is 9.84 Å². The summed E-state index contributed by atoms with van der Waals surface area (Å²) < 4.78 is 28.2. The number of hydrogen-bond donors (Lipinski definition) is 1. The van der Waals surface area contributed by atoms with Gasteiger partial charge in [-0.3, -0.25) is 4.79 Å². The van der Waals surface area contributed by atoms with Crippen LogP contribution in [0.15, 0.2) is 18.2 Å². The van der Waals surface area contributed by atoms with Crippen molar-refractivity contribution in [2.45, 2.75) is 25.3 Å². The Morgan fingerprint density at radius 3 is 3.00 bits per heavy atom. The lowest BCUT2D eigenvalue weighted by Gasteiger charge is -2.11. The summed E-state index contributed by atoms with van der Waals surface area (Å²) in [5, 5.41) is 2.79. The Morgan fingerprint density at radius 1 is 1.40 bits per heavy atom. The first-order chi connectivity index (χ1) is 9.52. The van der Waals surface area contributed by atoms with Crippen LogP contribution in [0.1, 0.15) is 17.5 Å². The summed E-state index contributed by atoms with van der Waals surface area (Å²) in [6, 6.07) is 5.58. The molecule has 6 heteroatoms. The van der Waals surface area contributed by atoms with Crippen molar-refractivity contribution in [1.29, 1.82) is 0 Å². The van der Waals surface area contributed by atoms with Crippen molar-refractivity contribution in [3.63, 3.8) is 0 Å². The standard InChI is InChI=1S/C14H17NO4S/c16-14(15-12-4-6-20(17,18)9-12)8-10-1-2-11-3-5-19-13(11)7-10/h1-2,7,12H,3-6,8-9H2,(H,15,16)/t12-/m1/s1. The molecule has 1 aromatic carbocycles. The second-order valence-corrected chi connectivity index (χ2v) is 7.61. The molecule has 1 fully saturated rings. The molecule has 2 heterocycles. The smallest absolute Gasteiger partial charge is 0.224 e. The zero-order chi connectivity index (χ0) is 14.2. The van der Waals surface area contributed by atoms with Crippen molar-refractivity contribution in [2.24, 2.45) is 0 Å². The van der Waals surface area contributed by atoms with Gasteiger partial charge >= 0.3 is 0 Å². The van der Waals surface area contributed by atoms with Crippen molar-refractivity contribution < 1.29 is 17.9 Å². The van der Waals surface area contributed by atoms with Gasteiger partial charge in [0.2, 0.25) is 5.91 Å². The van der Waals surface area contributed by atoms with Gasteiger partial charge in [-0.15, -0.1) is 0 Å². The van der Waals surface area contributed by atoms with Gasteiger partial charge < -0.3 is 10.1 Å². The molecule has 1 amide bonds. The van der Waals surface area contributed by atoms with Gasteiger partial charge in [-0.05, 0) is 23.6 Å². The van der Waals surface area contributed by atoms with Crippen LogP contribution in [0.2, 0.25) is 0 Å². The number of carbonyl (C=O) groups is 1. The molecule has 20 heavy (non-hydrogen) atoms. The first kappa shape index (κ1) is 13.4. The molecule has 1 aromatic rings. The number of fused-ring (bicyclic) bond motifs is 1. The predicted molar refractivity (Wildman–Crippen MR) is 74.5 cm³/mol. The third-order valence-electron chi connectivity index (χ3n) is 3.72. The minimum absolute atomic E-state index is 0.0615. The van der Waals surface area contributed by atoms with E-state index in [4.69, 9.17) is 4.74 Å². The lowest BCUT2D eigenvalue weighted by molar-refractivity contribution is -0.120. The van der Waals surface area contributed by atoms with E-state index in [1.54, 1.807) is 0 Å². The highest BCUT2D eigenvalue weighted by molar-refractivity contribution is 7.91. The number of nitrogens with one attached hydrogen (secondary N) is 1. The maximum Gasteiger partial charge on any atom is 0.224 e. The monoisotopic (exact) mass is 295 g/mol. The van der Waals surface area contributed by atoms with Gasteiger partial charge in [-0.2, -0.15) is 0 Å². The van der Waals surface area contributed by atoms with Gasteiger partial charge in [0.1, 0.15) is 5.75 Å². The molecule has 5 nitrogen and oxygen atoms in total. The van der Waals surface area contributed by atoms with Crippen LogP contribution in [0.5, 0.6) is 5.75 Å². The minimum Gasteiger partial charge on any atom is -0.493 e. The summed E-state index contributed by atoms with van der Waals surface area (Å²) in [5.41, 5.74) is 2.07. The summed E-state index contributed by atoms with van der Waals surface area (Å²) in [4.78, 5) is 11.9. The van der Waals surface area contributed by atoms with Crippen molar-refractivity contribution >= 4 is 15.7 Å². The van der Waals surface area contributed by atoms with E-state index in [0.717, 1.165) is 17.7 Å². The SMILES string of the molecule is O=C(Cc1ccc2c(c1)OCC2)N[C@@H]1CCS(=O)(=O)C1. The average Bonchev–Trinajstić information content (AvgIpc) is 2.95. The Kier molecular flexibility index (Phi) is 3.41. The summed E-state index contributed by atoms with van der Waals surface area (Å²) in [6.45, 7) is 0.699. The van der Waals surface area contributed by atoms with Gasteiger partial charge in [0.15, 0.2) is 9.84 Å². The maximum atomic E-state index is 11.9. The Morgan fingerprint density at radius 2 is 2.25 bits per heavy atom. The van der Waals surface area contributed by atoms with Crippen molar-refractivity contribution in [3.05, 3.63) is 29.3 Å². The number of amides is 1. The van der Waals surface area contributed by atoms with Crippen LogP contribution >= 0.6 is 0 Å². The number of rotatable bonds is 3. The highest BCUT2D eigenvalue weighted by Crippen LogP contribution is 2.26. The van der Waals surface area contributed by atoms with E-state index in [-0.39, 0.29) is 29.9 Å². The first-order valence-electron chi connectivity index (χ1n) is 6.76. The van der Waals surface area contributed by atoms with Gasteiger partial charge in [0.05, 0.1) is 24.5 Å². The fourth-order valence-electron chi connectivity index (χ4n) is 2.69. The van der Waals surface area contributed by atoms with E-state index in [1.165, 1.54) is 5.56 Å². The molecule has 0 aromatic heterocycles. The molecular weight excluding hydrogens is 278 g/mol. The summed E-state index contributed by atoms with van der Waals surface area (Å²) in [5.74, 6) is 0.959. The highest BCUT2D eigenvalue weighted by Gasteiger charge is 2.28. The Balaban J connectivity index is 1.59. The maximum absolute atomic E-state index is 11.9. The molecule has 0 saturated carbocycles. The number of benzene rings is 1. The molecule has 1 saturated heterocycles. The summed E-state index contributed by atoms with van der Waals surface area (Å²) >= 11 is 0. The van der Waals surface area contributed by atoms with Crippen LogP contribution in [0, 0.1) is 0 Å². The van der Waals surface area contributed by atoms with Crippen LogP contribution in [0.25, 0.3) is 0 Å². The van der Waals surface area contributed by atoms with Crippen LogP contribution in [-0.2, 0) is 27.5 Å². The van der Waals surface area contributed by atoms with Crippen LogP contribution in [0.3, 0.4) is 0 Å². The molecule has 0 spiro atoms. The second-order valence-electron chi connectivity index (χ2n) is 5.38. The Labute approximate surface area is 118 Å². The number of hydrogen-bond acceptors (Lipinski definition) is 4. The van der Waals surface area contributed by atoms with E-state index in [0.29, 0.717) is 13.0 Å². The molecule has 0 unspecified atom stereocenters.